The van der Waals surface area contributed by atoms with Crippen LogP contribution in [0.3, 0.4) is 0 Å². The quantitative estimate of drug-likeness (QED) is 0.121. The van der Waals surface area contributed by atoms with Crippen LogP contribution in [0.4, 0.5) is 0 Å². The molecule has 3 heterocycles. The summed E-state index contributed by atoms with van der Waals surface area (Å²) in [7, 11) is -2.30. The van der Waals surface area contributed by atoms with E-state index in [-0.39, 0.29) is 62.3 Å². The number of carboxylic acid groups (broad SMARTS) is 1. The van der Waals surface area contributed by atoms with Crippen molar-refractivity contribution >= 4 is 27.9 Å². The molecule has 3 saturated heterocycles. The number of ether oxygens (including phenoxy) is 3. The molecule has 0 radical (unpaired) electrons. The Kier molecular flexibility index (Phi) is 10.4. The second-order valence-electron chi connectivity index (χ2n) is 11.9. The molecule has 3 fully saturated rings. The molecule has 0 aromatic heterocycles. The molecule has 0 saturated carbocycles. The predicted molar refractivity (Wildman–Crippen MR) is 144 cm³/mol. The van der Waals surface area contributed by atoms with Crippen molar-refractivity contribution in [3.8, 4) is 0 Å². The molecule has 0 amide bonds. The third-order valence-corrected chi connectivity index (χ3v) is 13.6. The van der Waals surface area contributed by atoms with Crippen LogP contribution in [0.15, 0.2) is 23.1 Å². The van der Waals surface area contributed by atoms with E-state index in [4.69, 9.17) is 14.2 Å². The first-order valence-corrected chi connectivity index (χ1v) is 17.8. The summed E-state index contributed by atoms with van der Waals surface area (Å²) < 4.78 is 48.2. The molecule has 0 bridgehead atoms. The van der Waals surface area contributed by atoms with Crippen molar-refractivity contribution in [3.05, 3.63) is 29.3 Å². The van der Waals surface area contributed by atoms with Crippen LogP contribution in [-0.4, -0.2) is 89.0 Å². The molecular weight excluding hydrogens is 667 g/mol. The van der Waals surface area contributed by atoms with Crippen LogP contribution >= 0.6 is 0 Å². The van der Waals surface area contributed by atoms with Gasteiger partial charge in [0.1, 0.15) is 0 Å². The van der Waals surface area contributed by atoms with Gasteiger partial charge in [-0.1, -0.05) is 0 Å². The molecule has 41 heavy (non-hydrogen) atoms. The number of sulfonamides is 1. The molecule has 0 aliphatic carbocycles. The zero-order chi connectivity index (χ0) is 29.9. The predicted octanol–water partition coefficient (Wildman–Crippen LogP) is -0.154. The first-order chi connectivity index (χ1) is 19.3. The van der Waals surface area contributed by atoms with E-state index < -0.39 is 40.1 Å². The van der Waals surface area contributed by atoms with Crippen LogP contribution < -0.4 is 21.5 Å². The van der Waals surface area contributed by atoms with Crippen LogP contribution in [0.1, 0.15) is 74.7 Å². The van der Waals surface area contributed by atoms with Gasteiger partial charge in [-0.15, -0.1) is 0 Å². The zero-order valence-corrected chi connectivity index (χ0v) is 27.0. The average molecular weight is 708 g/mol. The number of hydrogen-bond donors (Lipinski definition) is 1. The normalized spacial score (nSPS) is 24.7. The van der Waals surface area contributed by atoms with Crippen molar-refractivity contribution in [2.24, 2.45) is 11.3 Å². The van der Waals surface area contributed by atoms with Crippen LogP contribution in [0.25, 0.3) is 0 Å². The summed E-state index contributed by atoms with van der Waals surface area (Å²) in [5.74, 6) is -2.05. The van der Waals surface area contributed by atoms with E-state index >= 15 is 0 Å². The monoisotopic (exact) mass is 707 g/mol. The van der Waals surface area contributed by atoms with Gasteiger partial charge in [-0.05, 0) is 0 Å². The topological polar surface area (TPSA) is 140 Å². The van der Waals surface area contributed by atoms with Gasteiger partial charge in [0, 0.05) is 7.11 Å². The Morgan fingerprint density at radius 3 is 2.41 bits per heavy atom. The molecule has 3 aliphatic heterocycles. The molecule has 1 aromatic carbocycles. The number of fused-ring (bicyclic) bond motifs is 1. The molecule has 4 rings (SSSR count). The summed E-state index contributed by atoms with van der Waals surface area (Å²) in [5, 5.41) is 9.63. The number of hydrogen-bond acceptors (Lipinski definition) is 9. The van der Waals surface area contributed by atoms with Crippen molar-refractivity contribution in [3.63, 3.8) is 0 Å². The molecule has 13 heteroatoms. The summed E-state index contributed by atoms with van der Waals surface area (Å²) in [5.41, 5.74) is -0.102. The van der Waals surface area contributed by atoms with E-state index in [0.717, 1.165) is 17.4 Å². The number of carbonyl (C=O) groups is 3. The van der Waals surface area contributed by atoms with Crippen LogP contribution in [0.2, 0.25) is 0 Å². The Morgan fingerprint density at radius 2 is 1.78 bits per heavy atom. The molecule has 1 N–H and O–H groups in total. The van der Waals surface area contributed by atoms with E-state index in [2.05, 4.69) is 3.11 Å². The molecule has 3 aliphatic rings. The maximum atomic E-state index is 13.9. The van der Waals surface area contributed by atoms with Crippen molar-refractivity contribution in [2.75, 3.05) is 38.0 Å². The maximum absolute atomic E-state index is 13.9. The van der Waals surface area contributed by atoms with Gasteiger partial charge in [-0.3, -0.25) is 0 Å². The second kappa shape index (κ2) is 13.2. The summed E-state index contributed by atoms with van der Waals surface area (Å²) in [4.78, 5) is 36.4. The van der Waals surface area contributed by atoms with Gasteiger partial charge in [0.2, 0.25) is 0 Å². The minimum absolute atomic E-state index is 0.00966. The fourth-order valence-corrected chi connectivity index (χ4v) is 11.1. The Bertz CT molecular complexity index is 1240. The Morgan fingerprint density at radius 1 is 1.07 bits per heavy atom. The Labute approximate surface area is 252 Å². The van der Waals surface area contributed by atoms with Crippen molar-refractivity contribution in [1.82, 2.24) is 7.42 Å². The third kappa shape index (κ3) is 7.59. The van der Waals surface area contributed by atoms with Crippen LogP contribution in [0, 0.1) is 11.3 Å². The number of esters is 2. The summed E-state index contributed by atoms with van der Waals surface area (Å²) in [6.07, 6.45) is 2.82. The van der Waals surface area contributed by atoms with E-state index in [1.807, 2.05) is 0 Å². The van der Waals surface area contributed by atoms with Gasteiger partial charge in [-0.25, -0.2) is 0 Å². The second-order valence-corrected chi connectivity index (χ2v) is 16.6. The molecule has 0 spiro atoms. The van der Waals surface area contributed by atoms with Crippen LogP contribution in [-0.2, 0) is 33.8 Å². The number of piperidine rings is 2. The molecule has 3 atom stereocenters. The summed E-state index contributed by atoms with van der Waals surface area (Å²) >= 11 is -0.259. The first kappa shape index (κ1) is 32.1. The number of aromatic carboxylic acids is 1. The van der Waals surface area contributed by atoms with Gasteiger partial charge >= 0.3 is 246 Å². The number of methoxy groups -OCH3 is 1. The number of nitrogens with zero attached hydrogens (tertiary/aromatic N) is 2. The SMILES string of the molecule is COC1CCN(S(=O)(=O)c2cc(C(=O)O)ccc2C2CCN3[I-]CC(CC(=O)OCOC(=O)C(C)(C)C)C3C2)CC1. The number of benzene rings is 1. The average Bonchev–Trinajstić information content (AvgIpc) is 3.33. The number of alkyl halides is 1. The molecule has 230 valence electrons. The van der Waals surface area contributed by atoms with Gasteiger partial charge in [0.25, 0.3) is 0 Å². The van der Waals surface area contributed by atoms with E-state index in [1.165, 1.54) is 16.4 Å². The summed E-state index contributed by atoms with van der Waals surface area (Å²) in [6.45, 7) is 6.20. The standard InChI is InChI=1S/C28H40IN2O9S/c1-28(2,3)27(35)40-17-39-25(32)15-20-16-29-31-12-7-18(13-23(20)31)22-6-5-19(26(33)34)14-24(22)41(36,37)30-10-8-21(38-4)9-11-30/h5-6,14,18,20-21,23H,7-13,15-17H2,1-4H3,(H,33,34)/q-1. The van der Waals surface area contributed by atoms with Gasteiger partial charge in [0.15, 0.2) is 0 Å². The van der Waals surface area contributed by atoms with E-state index in [0.29, 0.717) is 37.9 Å². The number of carboxylic acids is 1. The minimum atomic E-state index is -3.92. The zero-order valence-electron chi connectivity index (χ0n) is 24.0. The fraction of sp³-hybridized carbons (Fsp3) is 0.679. The van der Waals surface area contributed by atoms with Crippen molar-refractivity contribution in [2.45, 2.75) is 75.8 Å². The number of rotatable bonds is 9. The number of carbonyl (C=O) groups excluding carboxylic acids is 2. The molecule has 11 nitrogen and oxygen atoms in total. The van der Waals surface area contributed by atoms with E-state index in [1.54, 1.807) is 33.9 Å². The molecule has 3 unspecified atom stereocenters. The third-order valence-electron chi connectivity index (χ3n) is 8.05. The van der Waals surface area contributed by atoms with Gasteiger partial charge < -0.3 is 0 Å². The van der Waals surface area contributed by atoms with Crippen molar-refractivity contribution in [1.29, 1.82) is 0 Å². The summed E-state index contributed by atoms with van der Waals surface area (Å²) in [6, 6.07) is 4.56. The van der Waals surface area contributed by atoms with Gasteiger partial charge in [0.05, 0.1) is 0 Å². The molecular formula is C28H40IN2O9S-. The van der Waals surface area contributed by atoms with Crippen LogP contribution in [0.5, 0.6) is 0 Å². The Hall–Kier alpha value is -1.81. The van der Waals surface area contributed by atoms with E-state index in [9.17, 15) is 27.9 Å². The number of halogens is 1. The van der Waals surface area contributed by atoms with Gasteiger partial charge in [-0.2, -0.15) is 0 Å². The Balaban J connectivity index is 1.48. The first-order valence-electron chi connectivity index (χ1n) is 13.9. The molecule has 1 aromatic rings. The fourth-order valence-electron chi connectivity index (χ4n) is 5.61. The van der Waals surface area contributed by atoms with Crippen molar-refractivity contribution < 1.29 is 63.6 Å².